The Bertz CT molecular complexity index is 590. The zero-order valence-electron chi connectivity index (χ0n) is 11.4. The van der Waals surface area contributed by atoms with Crippen LogP contribution in [0.3, 0.4) is 0 Å². The lowest BCUT2D eigenvalue weighted by atomic mass is 10.0. The van der Waals surface area contributed by atoms with Crippen molar-refractivity contribution in [2.24, 2.45) is 0 Å². The van der Waals surface area contributed by atoms with E-state index >= 15 is 0 Å². The molecule has 5 heteroatoms. The summed E-state index contributed by atoms with van der Waals surface area (Å²) >= 11 is 0. The number of nitrogens with one attached hydrogen (secondary N) is 2. The van der Waals surface area contributed by atoms with E-state index in [4.69, 9.17) is 5.11 Å². The molecule has 0 radical (unpaired) electrons. The summed E-state index contributed by atoms with van der Waals surface area (Å²) in [6, 6.07) is 14.4. The molecule has 0 fully saturated rings. The molecule has 21 heavy (non-hydrogen) atoms. The van der Waals surface area contributed by atoms with Gasteiger partial charge in [0.1, 0.15) is 5.82 Å². The Hall–Kier alpha value is -2.40. The van der Waals surface area contributed by atoms with Crippen LogP contribution in [0.15, 0.2) is 54.6 Å². The zero-order chi connectivity index (χ0) is 15.1. The van der Waals surface area contributed by atoms with Gasteiger partial charge in [0, 0.05) is 6.61 Å². The first-order valence-corrected chi connectivity index (χ1v) is 6.68. The van der Waals surface area contributed by atoms with Crippen molar-refractivity contribution in [3.05, 3.63) is 66.0 Å². The SMILES string of the molecule is O=C(Nc1ccccc1F)N[C@H](CCO)c1ccccc1. The standard InChI is InChI=1S/C16H17FN2O2/c17-13-8-4-5-9-15(13)19-16(21)18-14(10-11-20)12-6-2-1-3-7-12/h1-9,14,20H,10-11H2,(H2,18,19,21)/t14-/m1/s1. The number of hydrogen-bond donors (Lipinski definition) is 3. The van der Waals surface area contributed by atoms with Crippen LogP contribution in [-0.2, 0) is 0 Å². The molecule has 0 aliphatic rings. The Kier molecular flexibility index (Phi) is 5.29. The van der Waals surface area contributed by atoms with Crippen LogP contribution in [0.4, 0.5) is 14.9 Å². The van der Waals surface area contributed by atoms with Gasteiger partial charge in [-0.3, -0.25) is 0 Å². The molecule has 0 heterocycles. The fraction of sp³-hybridized carbons (Fsp3) is 0.188. The lowest BCUT2D eigenvalue weighted by Gasteiger charge is -2.18. The Morgan fingerprint density at radius 2 is 1.76 bits per heavy atom. The number of aliphatic hydroxyl groups excluding tert-OH is 1. The summed E-state index contributed by atoms with van der Waals surface area (Å²) in [5.74, 6) is -0.494. The third-order valence-corrected chi connectivity index (χ3v) is 3.05. The maximum absolute atomic E-state index is 13.5. The number of anilines is 1. The number of benzene rings is 2. The molecule has 0 unspecified atom stereocenters. The van der Waals surface area contributed by atoms with Crippen molar-refractivity contribution in [3.8, 4) is 0 Å². The van der Waals surface area contributed by atoms with E-state index in [-0.39, 0.29) is 18.3 Å². The van der Waals surface area contributed by atoms with E-state index in [1.54, 1.807) is 12.1 Å². The second kappa shape index (κ2) is 7.40. The predicted octanol–water partition coefficient (Wildman–Crippen LogP) is 3.07. The quantitative estimate of drug-likeness (QED) is 0.792. The third-order valence-electron chi connectivity index (χ3n) is 3.05. The molecule has 1 atom stereocenters. The highest BCUT2D eigenvalue weighted by Gasteiger charge is 2.14. The molecule has 0 bridgehead atoms. The van der Waals surface area contributed by atoms with Crippen LogP contribution in [-0.4, -0.2) is 17.7 Å². The van der Waals surface area contributed by atoms with Crippen LogP contribution in [0.1, 0.15) is 18.0 Å². The van der Waals surface area contributed by atoms with E-state index in [0.717, 1.165) is 5.56 Å². The van der Waals surface area contributed by atoms with Gasteiger partial charge in [-0.15, -0.1) is 0 Å². The Balaban J connectivity index is 2.04. The summed E-state index contributed by atoms with van der Waals surface area (Å²) in [7, 11) is 0. The minimum atomic E-state index is -0.512. The predicted molar refractivity (Wildman–Crippen MR) is 79.4 cm³/mol. The number of rotatable bonds is 5. The van der Waals surface area contributed by atoms with Crippen molar-refractivity contribution < 1.29 is 14.3 Å². The summed E-state index contributed by atoms with van der Waals surface area (Å²) in [6.45, 7) is -0.0560. The summed E-state index contributed by atoms with van der Waals surface area (Å²) in [6.07, 6.45) is 0.384. The molecule has 0 saturated carbocycles. The molecule has 110 valence electrons. The maximum atomic E-state index is 13.5. The molecule has 2 aromatic rings. The van der Waals surface area contributed by atoms with Crippen molar-refractivity contribution in [3.63, 3.8) is 0 Å². The van der Waals surface area contributed by atoms with Gasteiger partial charge in [0.15, 0.2) is 0 Å². The van der Waals surface area contributed by atoms with E-state index in [9.17, 15) is 9.18 Å². The van der Waals surface area contributed by atoms with E-state index in [1.807, 2.05) is 30.3 Å². The normalized spacial score (nSPS) is 11.7. The lowest BCUT2D eigenvalue weighted by Crippen LogP contribution is -2.33. The Labute approximate surface area is 122 Å². The minimum Gasteiger partial charge on any atom is -0.396 e. The van der Waals surface area contributed by atoms with E-state index in [2.05, 4.69) is 10.6 Å². The molecular weight excluding hydrogens is 271 g/mol. The van der Waals surface area contributed by atoms with Gasteiger partial charge >= 0.3 is 6.03 Å². The number of hydrogen-bond acceptors (Lipinski definition) is 2. The number of aliphatic hydroxyl groups is 1. The van der Waals surface area contributed by atoms with Gasteiger partial charge in [0.2, 0.25) is 0 Å². The number of halogens is 1. The molecule has 3 N–H and O–H groups in total. The fourth-order valence-electron chi connectivity index (χ4n) is 2.02. The van der Waals surface area contributed by atoms with Gasteiger partial charge in [0.25, 0.3) is 0 Å². The minimum absolute atomic E-state index is 0.0560. The van der Waals surface area contributed by atoms with Crippen LogP contribution in [0.5, 0.6) is 0 Å². The molecule has 2 amide bonds. The highest BCUT2D eigenvalue weighted by molar-refractivity contribution is 5.89. The monoisotopic (exact) mass is 288 g/mol. The maximum Gasteiger partial charge on any atom is 0.319 e. The van der Waals surface area contributed by atoms with E-state index in [1.165, 1.54) is 12.1 Å². The Morgan fingerprint density at radius 3 is 2.43 bits per heavy atom. The van der Waals surface area contributed by atoms with Crippen molar-refractivity contribution in [1.29, 1.82) is 0 Å². The molecular formula is C16H17FN2O2. The average Bonchev–Trinajstić information content (AvgIpc) is 2.50. The smallest absolute Gasteiger partial charge is 0.319 e. The van der Waals surface area contributed by atoms with Crippen molar-refractivity contribution in [2.45, 2.75) is 12.5 Å². The van der Waals surface area contributed by atoms with Gasteiger partial charge in [-0.25, -0.2) is 9.18 Å². The van der Waals surface area contributed by atoms with E-state index in [0.29, 0.717) is 6.42 Å². The number of urea groups is 1. The lowest BCUT2D eigenvalue weighted by molar-refractivity contribution is 0.239. The van der Waals surface area contributed by atoms with Crippen molar-refractivity contribution in [1.82, 2.24) is 5.32 Å². The van der Waals surface area contributed by atoms with Crippen LogP contribution < -0.4 is 10.6 Å². The third kappa shape index (κ3) is 4.29. The number of carbonyl (C=O) groups is 1. The van der Waals surface area contributed by atoms with Gasteiger partial charge in [0.05, 0.1) is 11.7 Å². The Morgan fingerprint density at radius 1 is 1.10 bits per heavy atom. The topological polar surface area (TPSA) is 61.4 Å². The summed E-state index contributed by atoms with van der Waals surface area (Å²) in [4.78, 5) is 12.0. The average molecular weight is 288 g/mol. The molecule has 4 nitrogen and oxygen atoms in total. The first kappa shape index (κ1) is 15.0. The molecule has 2 rings (SSSR count). The van der Waals surface area contributed by atoms with Gasteiger partial charge < -0.3 is 15.7 Å². The van der Waals surface area contributed by atoms with Crippen molar-refractivity contribution in [2.75, 3.05) is 11.9 Å². The zero-order valence-corrected chi connectivity index (χ0v) is 11.4. The number of amides is 2. The van der Waals surface area contributed by atoms with E-state index < -0.39 is 11.8 Å². The van der Waals surface area contributed by atoms with Crippen molar-refractivity contribution >= 4 is 11.7 Å². The second-order valence-electron chi connectivity index (χ2n) is 4.55. The highest BCUT2D eigenvalue weighted by atomic mass is 19.1. The second-order valence-corrected chi connectivity index (χ2v) is 4.55. The highest BCUT2D eigenvalue weighted by Crippen LogP contribution is 2.17. The van der Waals surface area contributed by atoms with Gasteiger partial charge in [-0.2, -0.15) is 0 Å². The first-order valence-electron chi connectivity index (χ1n) is 6.68. The summed E-state index contributed by atoms with van der Waals surface area (Å²) < 4.78 is 13.5. The molecule has 0 spiro atoms. The number of para-hydroxylation sites is 1. The summed E-state index contributed by atoms with van der Waals surface area (Å²) in [5, 5.41) is 14.3. The first-order chi connectivity index (χ1) is 10.2. The van der Waals surface area contributed by atoms with Crippen LogP contribution in [0.25, 0.3) is 0 Å². The summed E-state index contributed by atoms with van der Waals surface area (Å²) in [5.41, 5.74) is 1.00. The van der Waals surface area contributed by atoms with Crippen LogP contribution in [0.2, 0.25) is 0 Å². The number of carbonyl (C=O) groups excluding carboxylic acids is 1. The molecule has 2 aromatic carbocycles. The molecule has 0 aliphatic carbocycles. The van der Waals surface area contributed by atoms with Gasteiger partial charge in [-0.1, -0.05) is 42.5 Å². The van der Waals surface area contributed by atoms with Gasteiger partial charge in [-0.05, 0) is 24.1 Å². The largest absolute Gasteiger partial charge is 0.396 e. The molecule has 0 saturated heterocycles. The molecule has 0 aromatic heterocycles. The van der Waals surface area contributed by atoms with Crippen LogP contribution in [0, 0.1) is 5.82 Å². The van der Waals surface area contributed by atoms with Crippen LogP contribution >= 0.6 is 0 Å². The molecule has 0 aliphatic heterocycles. The fourth-order valence-corrected chi connectivity index (χ4v) is 2.02.